The van der Waals surface area contributed by atoms with Crippen molar-refractivity contribution >= 4 is 0 Å². The van der Waals surface area contributed by atoms with E-state index < -0.39 is 0 Å². The molecule has 0 radical (unpaired) electrons. The zero-order valence-electron chi connectivity index (χ0n) is 12.6. The zero-order valence-corrected chi connectivity index (χ0v) is 12.6. The summed E-state index contributed by atoms with van der Waals surface area (Å²) in [6.45, 7) is 6.61. The lowest BCUT2D eigenvalue weighted by Crippen LogP contribution is -2.30. The molecule has 3 nitrogen and oxygen atoms in total. The Kier molecular flexibility index (Phi) is 3.99. The van der Waals surface area contributed by atoms with Gasteiger partial charge in [0.05, 0.1) is 17.2 Å². The summed E-state index contributed by atoms with van der Waals surface area (Å²) in [6, 6.07) is 4.74. The Morgan fingerprint density at radius 3 is 2.53 bits per heavy atom. The van der Waals surface area contributed by atoms with Crippen molar-refractivity contribution in [2.75, 3.05) is 0 Å². The van der Waals surface area contributed by atoms with Gasteiger partial charge in [0.15, 0.2) is 0 Å². The summed E-state index contributed by atoms with van der Waals surface area (Å²) in [7, 11) is 1.98. The number of hydrogen-bond donors (Lipinski definition) is 0. The molecule has 104 valence electrons. The summed E-state index contributed by atoms with van der Waals surface area (Å²) in [5.74, 6) is 1.55. The average Bonchev–Trinajstić information content (AvgIpc) is 2.68. The van der Waals surface area contributed by atoms with Gasteiger partial charge in [0.25, 0.3) is 0 Å². The van der Waals surface area contributed by atoms with Crippen LogP contribution in [0.2, 0.25) is 0 Å². The van der Waals surface area contributed by atoms with Gasteiger partial charge in [0, 0.05) is 19.2 Å². The molecule has 1 aromatic rings. The van der Waals surface area contributed by atoms with Gasteiger partial charge in [-0.1, -0.05) is 13.8 Å². The normalized spacial score (nSPS) is 27.5. The first-order chi connectivity index (χ1) is 8.96. The minimum absolute atomic E-state index is 0.161. The second kappa shape index (κ2) is 5.36. The van der Waals surface area contributed by atoms with Crippen LogP contribution in [0.25, 0.3) is 0 Å². The first-order valence-electron chi connectivity index (χ1n) is 7.36. The second-order valence-electron chi connectivity index (χ2n) is 6.55. The molecule has 0 saturated heterocycles. The fourth-order valence-electron chi connectivity index (χ4n) is 3.36. The monoisotopic (exact) mass is 259 g/mol. The summed E-state index contributed by atoms with van der Waals surface area (Å²) >= 11 is 0. The SMILES string of the molecule is Cc1cc(CC2(C#N)CCC(C(C)C)CC2)n(C)n1. The van der Waals surface area contributed by atoms with E-state index in [1.54, 1.807) is 0 Å². The van der Waals surface area contributed by atoms with E-state index in [0.29, 0.717) is 0 Å². The van der Waals surface area contributed by atoms with Crippen LogP contribution < -0.4 is 0 Å². The molecule has 1 aliphatic rings. The summed E-state index contributed by atoms with van der Waals surface area (Å²) in [5, 5.41) is 14.0. The van der Waals surface area contributed by atoms with Crippen molar-refractivity contribution in [2.24, 2.45) is 24.3 Å². The van der Waals surface area contributed by atoms with Crippen LogP contribution in [0.3, 0.4) is 0 Å². The number of nitrogens with zero attached hydrogens (tertiary/aromatic N) is 3. The zero-order chi connectivity index (χ0) is 14.0. The van der Waals surface area contributed by atoms with Gasteiger partial charge in [-0.05, 0) is 50.5 Å². The van der Waals surface area contributed by atoms with Crippen LogP contribution in [0, 0.1) is 35.5 Å². The Labute approximate surface area is 116 Å². The van der Waals surface area contributed by atoms with E-state index in [9.17, 15) is 5.26 Å². The van der Waals surface area contributed by atoms with Crippen molar-refractivity contribution in [3.05, 3.63) is 17.5 Å². The fourth-order valence-corrected chi connectivity index (χ4v) is 3.36. The molecule has 0 amide bonds. The van der Waals surface area contributed by atoms with Crippen molar-refractivity contribution in [2.45, 2.75) is 52.9 Å². The smallest absolute Gasteiger partial charge is 0.0693 e. The van der Waals surface area contributed by atoms with Crippen LogP contribution in [0.5, 0.6) is 0 Å². The number of nitriles is 1. The summed E-state index contributed by atoms with van der Waals surface area (Å²) in [4.78, 5) is 0. The van der Waals surface area contributed by atoms with Gasteiger partial charge in [-0.2, -0.15) is 10.4 Å². The van der Waals surface area contributed by atoms with Gasteiger partial charge >= 0.3 is 0 Å². The van der Waals surface area contributed by atoms with Gasteiger partial charge < -0.3 is 0 Å². The van der Waals surface area contributed by atoms with E-state index >= 15 is 0 Å². The predicted octanol–water partition coefficient (Wildman–Crippen LogP) is 3.63. The minimum Gasteiger partial charge on any atom is -0.272 e. The van der Waals surface area contributed by atoms with Crippen molar-refractivity contribution in [3.63, 3.8) is 0 Å². The molecular weight excluding hydrogens is 234 g/mol. The van der Waals surface area contributed by atoms with Gasteiger partial charge in [0.2, 0.25) is 0 Å². The highest BCUT2D eigenvalue weighted by Gasteiger charge is 2.37. The Morgan fingerprint density at radius 2 is 2.11 bits per heavy atom. The second-order valence-corrected chi connectivity index (χ2v) is 6.55. The lowest BCUT2D eigenvalue weighted by molar-refractivity contribution is 0.173. The molecule has 0 aromatic carbocycles. The standard InChI is InChI=1S/C16H25N3/c1-12(2)14-5-7-16(11-17,8-6-14)10-15-9-13(3)18-19(15)4/h9,12,14H,5-8,10H2,1-4H3. The largest absolute Gasteiger partial charge is 0.272 e. The Balaban J connectivity index is 2.09. The molecule has 0 aliphatic heterocycles. The van der Waals surface area contributed by atoms with Gasteiger partial charge in [-0.15, -0.1) is 0 Å². The topological polar surface area (TPSA) is 41.6 Å². The van der Waals surface area contributed by atoms with Crippen molar-refractivity contribution < 1.29 is 0 Å². The molecule has 19 heavy (non-hydrogen) atoms. The number of rotatable bonds is 3. The van der Waals surface area contributed by atoms with E-state index in [2.05, 4.69) is 31.1 Å². The van der Waals surface area contributed by atoms with Crippen LogP contribution in [0.4, 0.5) is 0 Å². The third-order valence-corrected chi connectivity index (χ3v) is 4.79. The van der Waals surface area contributed by atoms with Crippen LogP contribution in [0.1, 0.15) is 50.9 Å². The van der Waals surface area contributed by atoms with Crippen molar-refractivity contribution in [1.29, 1.82) is 5.26 Å². The molecule has 0 unspecified atom stereocenters. The van der Waals surface area contributed by atoms with Crippen LogP contribution in [-0.2, 0) is 13.5 Å². The first-order valence-corrected chi connectivity index (χ1v) is 7.36. The maximum Gasteiger partial charge on any atom is 0.0693 e. The average molecular weight is 259 g/mol. The molecule has 0 N–H and O–H groups in total. The van der Waals surface area contributed by atoms with E-state index in [-0.39, 0.29) is 5.41 Å². The van der Waals surface area contributed by atoms with E-state index in [1.165, 1.54) is 18.5 Å². The molecule has 1 saturated carbocycles. The van der Waals surface area contributed by atoms with Crippen LogP contribution in [-0.4, -0.2) is 9.78 Å². The number of aryl methyl sites for hydroxylation is 2. The molecule has 2 rings (SSSR count). The molecule has 0 bridgehead atoms. The molecule has 1 aliphatic carbocycles. The molecule has 1 fully saturated rings. The van der Waals surface area contributed by atoms with Crippen molar-refractivity contribution in [1.82, 2.24) is 9.78 Å². The van der Waals surface area contributed by atoms with Crippen molar-refractivity contribution in [3.8, 4) is 6.07 Å². The number of hydrogen-bond acceptors (Lipinski definition) is 2. The molecule has 1 aromatic heterocycles. The fraction of sp³-hybridized carbons (Fsp3) is 0.750. The molecular formula is C16H25N3. The maximum absolute atomic E-state index is 9.65. The number of aromatic nitrogens is 2. The van der Waals surface area contributed by atoms with Crippen LogP contribution in [0.15, 0.2) is 6.07 Å². The van der Waals surface area contributed by atoms with E-state index in [1.807, 2.05) is 18.7 Å². The lowest BCUT2D eigenvalue weighted by atomic mass is 9.67. The highest BCUT2D eigenvalue weighted by atomic mass is 15.3. The predicted molar refractivity (Wildman–Crippen MR) is 76.5 cm³/mol. The van der Waals surface area contributed by atoms with E-state index in [4.69, 9.17) is 0 Å². The summed E-state index contributed by atoms with van der Waals surface area (Å²) < 4.78 is 1.93. The third kappa shape index (κ3) is 3.00. The minimum atomic E-state index is -0.161. The van der Waals surface area contributed by atoms with Gasteiger partial charge in [-0.3, -0.25) is 4.68 Å². The third-order valence-electron chi connectivity index (χ3n) is 4.79. The summed E-state index contributed by atoms with van der Waals surface area (Å²) in [5.41, 5.74) is 2.08. The molecule has 1 heterocycles. The highest BCUT2D eigenvalue weighted by molar-refractivity contribution is 5.15. The Hall–Kier alpha value is -1.30. The Morgan fingerprint density at radius 1 is 1.47 bits per heavy atom. The molecule has 3 heteroatoms. The lowest BCUT2D eigenvalue weighted by Gasteiger charge is -2.36. The van der Waals surface area contributed by atoms with Gasteiger partial charge in [0.1, 0.15) is 0 Å². The van der Waals surface area contributed by atoms with Gasteiger partial charge in [-0.25, -0.2) is 0 Å². The molecule has 0 spiro atoms. The highest BCUT2D eigenvalue weighted by Crippen LogP contribution is 2.43. The summed E-state index contributed by atoms with van der Waals surface area (Å²) in [6.07, 6.45) is 5.32. The maximum atomic E-state index is 9.65. The quantitative estimate of drug-likeness (QED) is 0.831. The Bertz CT molecular complexity index is 471. The van der Waals surface area contributed by atoms with E-state index in [0.717, 1.165) is 36.8 Å². The molecule has 0 atom stereocenters. The van der Waals surface area contributed by atoms with Crippen LogP contribution >= 0.6 is 0 Å². The first kappa shape index (κ1) is 14.1.